The molecule has 0 heterocycles. The molecule has 0 aliphatic rings. The highest BCUT2D eigenvalue weighted by Crippen LogP contribution is 2.34. The summed E-state index contributed by atoms with van der Waals surface area (Å²) in [6.45, 7) is 0.296. The van der Waals surface area contributed by atoms with Gasteiger partial charge in [-0.2, -0.15) is 13.2 Å². The number of anilines is 1. The lowest BCUT2D eigenvalue weighted by Crippen LogP contribution is -2.06. The molecule has 0 unspecified atom stereocenters. The molecular formula is C14H9Cl3F3N. The molecule has 0 atom stereocenters. The van der Waals surface area contributed by atoms with Gasteiger partial charge in [-0.05, 0) is 29.8 Å². The molecule has 2 rings (SSSR count). The van der Waals surface area contributed by atoms with Crippen LogP contribution in [0.15, 0.2) is 36.4 Å². The number of hydrogen-bond acceptors (Lipinski definition) is 1. The van der Waals surface area contributed by atoms with Crippen molar-refractivity contribution in [3.8, 4) is 0 Å². The highest BCUT2D eigenvalue weighted by molar-refractivity contribution is 6.42. The van der Waals surface area contributed by atoms with Crippen LogP contribution in [0.3, 0.4) is 0 Å². The highest BCUT2D eigenvalue weighted by Gasteiger charge is 2.30. The Morgan fingerprint density at radius 2 is 1.67 bits per heavy atom. The SMILES string of the molecule is FC(F)(F)c1ccc(NCc2cccc(Cl)c2Cl)c(Cl)c1. The topological polar surface area (TPSA) is 12.0 Å². The van der Waals surface area contributed by atoms with E-state index in [-0.39, 0.29) is 5.02 Å². The third-order valence-electron chi connectivity index (χ3n) is 2.80. The second-order valence-electron chi connectivity index (χ2n) is 4.26. The molecule has 0 aromatic heterocycles. The fourth-order valence-electron chi connectivity index (χ4n) is 1.71. The van der Waals surface area contributed by atoms with Crippen molar-refractivity contribution >= 4 is 40.5 Å². The van der Waals surface area contributed by atoms with Crippen molar-refractivity contribution in [3.63, 3.8) is 0 Å². The van der Waals surface area contributed by atoms with Crippen LogP contribution in [0.4, 0.5) is 18.9 Å². The first-order valence-electron chi connectivity index (χ1n) is 5.82. The van der Waals surface area contributed by atoms with Gasteiger partial charge in [-0.3, -0.25) is 0 Å². The molecular weight excluding hydrogens is 346 g/mol. The number of nitrogens with one attached hydrogen (secondary N) is 1. The Kier molecular flexibility index (Phi) is 4.91. The van der Waals surface area contributed by atoms with E-state index in [0.29, 0.717) is 22.3 Å². The van der Waals surface area contributed by atoms with Gasteiger partial charge >= 0.3 is 6.18 Å². The largest absolute Gasteiger partial charge is 0.416 e. The first kappa shape index (κ1) is 16.3. The number of rotatable bonds is 3. The average molecular weight is 355 g/mol. The molecule has 2 aromatic rings. The first-order valence-corrected chi connectivity index (χ1v) is 6.96. The van der Waals surface area contributed by atoms with E-state index in [9.17, 15) is 13.2 Å². The molecule has 2 aromatic carbocycles. The van der Waals surface area contributed by atoms with Crippen molar-refractivity contribution in [1.29, 1.82) is 0 Å². The predicted octanol–water partition coefficient (Wildman–Crippen LogP) is 6.28. The monoisotopic (exact) mass is 353 g/mol. The van der Waals surface area contributed by atoms with E-state index in [1.165, 1.54) is 6.07 Å². The molecule has 0 saturated carbocycles. The Labute approximate surface area is 134 Å². The molecule has 1 nitrogen and oxygen atoms in total. The van der Waals surface area contributed by atoms with Crippen LogP contribution in [0, 0.1) is 0 Å². The van der Waals surface area contributed by atoms with Gasteiger partial charge in [0.15, 0.2) is 0 Å². The van der Waals surface area contributed by atoms with Gasteiger partial charge in [0.2, 0.25) is 0 Å². The predicted molar refractivity (Wildman–Crippen MR) is 80.2 cm³/mol. The van der Waals surface area contributed by atoms with Gasteiger partial charge in [-0.15, -0.1) is 0 Å². The van der Waals surface area contributed by atoms with Crippen LogP contribution < -0.4 is 5.32 Å². The molecule has 7 heteroatoms. The van der Waals surface area contributed by atoms with Crippen LogP contribution in [0.5, 0.6) is 0 Å². The quantitative estimate of drug-likeness (QED) is 0.684. The summed E-state index contributed by atoms with van der Waals surface area (Å²) in [5.74, 6) is 0. The van der Waals surface area contributed by atoms with E-state index in [4.69, 9.17) is 34.8 Å². The number of benzene rings is 2. The third kappa shape index (κ3) is 3.96. The van der Waals surface area contributed by atoms with Gasteiger partial charge in [0.1, 0.15) is 0 Å². The summed E-state index contributed by atoms with van der Waals surface area (Å²) in [5.41, 5.74) is 0.319. The summed E-state index contributed by atoms with van der Waals surface area (Å²) in [6.07, 6.45) is -4.42. The Bertz CT molecular complexity index is 656. The summed E-state index contributed by atoms with van der Waals surface area (Å²) in [4.78, 5) is 0. The van der Waals surface area contributed by atoms with Gasteiger partial charge in [-0.25, -0.2) is 0 Å². The van der Waals surface area contributed by atoms with Gasteiger partial charge < -0.3 is 5.32 Å². The summed E-state index contributed by atoms with van der Waals surface area (Å²) >= 11 is 17.8. The van der Waals surface area contributed by atoms with Crippen LogP contribution in [0.1, 0.15) is 11.1 Å². The lowest BCUT2D eigenvalue weighted by atomic mass is 10.2. The summed E-state index contributed by atoms with van der Waals surface area (Å²) in [7, 11) is 0. The van der Waals surface area contributed by atoms with Crippen molar-refractivity contribution in [2.45, 2.75) is 12.7 Å². The van der Waals surface area contributed by atoms with E-state index >= 15 is 0 Å². The van der Waals surface area contributed by atoms with Crippen LogP contribution in [-0.2, 0) is 12.7 Å². The van der Waals surface area contributed by atoms with E-state index in [1.54, 1.807) is 18.2 Å². The Morgan fingerprint density at radius 1 is 0.952 bits per heavy atom. The van der Waals surface area contributed by atoms with Crippen molar-refractivity contribution < 1.29 is 13.2 Å². The molecule has 21 heavy (non-hydrogen) atoms. The van der Waals surface area contributed by atoms with E-state index < -0.39 is 11.7 Å². The zero-order valence-corrected chi connectivity index (χ0v) is 12.7. The van der Waals surface area contributed by atoms with Crippen LogP contribution >= 0.6 is 34.8 Å². The molecule has 0 aliphatic heterocycles. The molecule has 112 valence electrons. The molecule has 0 radical (unpaired) electrons. The first-order chi connectivity index (χ1) is 9.79. The average Bonchev–Trinajstić information content (AvgIpc) is 2.40. The molecule has 0 spiro atoms. The fraction of sp³-hybridized carbons (Fsp3) is 0.143. The van der Waals surface area contributed by atoms with Crippen molar-refractivity contribution in [1.82, 2.24) is 0 Å². The van der Waals surface area contributed by atoms with E-state index in [0.717, 1.165) is 17.7 Å². The zero-order valence-electron chi connectivity index (χ0n) is 10.4. The zero-order chi connectivity index (χ0) is 15.6. The Morgan fingerprint density at radius 3 is 2.29 bits per heavy atom. The molecule has 0 amide bonds. The van der Waals surface area contributed by atoms with Crippen LogP contribution in [0.2, 0.25) is 15.1 Å². The Balaban J connectivity index is 2.16. The lowest BCUT2D eigenvalue weighted by Gasteiger charge is -2.12. The van der Waals surface area contributed by atoms with Gasteiger partial charge in [0, 0.05) is 6.54 Å². The second-order valence-corrected chi connectivity index (χ2v) is 5.45. The summed E-state index contributed by atoms with van der Waals surface area (Å²) < 4.78 is 37.6. The smallest absolute Gasteiger partial charge is 0.380 e. The van der Waals surface area contributed by atoms with Crippen molar-refractivity contribution in [2.75, 3.05) is 5.32 Å². The van der Waals surface area contributed by atoms with E-state index in [2.05, 4.69) is 5.32 Å². The minimum atomic E-state index is -4.42. The number of halogens is 6. The van der Waals surface area contributed by atoms with Crippen molar-refractivity contribution in [3.05, 3.63) is 62.6 Å². The molecule has 0 bridgehead atoms. The fourth-order valence-corrected chi connectivity index (χ4v) is 2.34. The minimum Gasteiger partial charge on any atom is -0.380 e. The molecule has 0 aliphatic carbocycles. The molecule has 0 fully saturated rings. The van der Waals surface area contributed by atoms with Gasteiger partial charge in [0.25, 0.3) is 0 Å². The standard InChI is InChI=1S/C14H9Cl3F3N/c15-10-3-1-2-8(13(10)17)7-21-12-5-4-9(6-11(12)16)14(18,19)20/h1-6,21H,7H2. The lowest BCUT2D eigenvalue weighted by molar-refractivity contribution is -0.137. The summed E-state index contributed by atoms with van der Waals surface area (Å²) in [6, 6.07) is 8.28. The highest BCUT2D eigenvalue weighted by atomic mass is 35.5. The molecule has 0 saturated heterocycles. The maximum atomic E-state index is 12.5. The van der Waals surface area contributed by atoms with Crippen LogP contribution in [0.25, 0.3) is 0 Å². The summed E-state index contributed by atoms with van der Waals surface area (Å²) in [5, 5.41) is 3.73. The Hall–Kier alpha value is -1.10. The molecule has 1 N–H and O–H groups in total. The number of hydrogen-bond donors (Lipinski definition) is 1. The van der Waals surface area contributed by atoms with Gasteiger partial charge in [-0.1, -0.05) is 46.9 Å². The van der Waals surface area contributed by atoms with Crippen LogP contribution in [-0.4, -0.2) is 0 Å². The third-order valence-corrected chi connectivity index (χ3v) is 3.97. The number of alkyl halides is 3. The normalized spacial score (nSPS) is 11.5. The van der Waals surface area contributed by atoms with Crippen molar-refractivity contribution in [2.24, 2.45) is 0 Å². The van der Waals surface area contributed by atoms with E-state index in [1.807, 2.05) is 0 Å². The maximum absolute atomic E-state index is 12.5. The maximum Gasteiger partial charge on any atom is 0.416 e. The second kappa shape index (κ2) is 6.34. The minimum absolute atomic E-state index is 0.0111. The van der Waals surface area contributed by atoms with Gasteiger partial charge in [0.05, 0.1) is 26.3 Å².